The number of fused-ring (bicyclic) bond motifs is 1. The van der Waals surface area contributed by atoms with Gasteiger partial charge in [-0.2, -0.15) is 0 Å². The van der Waals surface area contributed by atoms with E-state index in [1.54, 1.807) is 42.7 Å². The summed E-state index contributed by atoms with van der Waals surface area (Å²) in [4.78, 5) is 24.1. The molecule has 2 heterocycles. The number of benzene rings is 2. The molecule has 3 N–H and O–H groups in total. The maximum absolute atomic E-state index is 12.1. The Morgan fingerprint density at radius 1 is 1.00 bits per heavy atom. The second-order valence-corrected chi connectivity index (χ2v) is 6.35. The predicted octanol–water partition coefficient (Wildman–Crippen LogP) is 2.46. The van der Waals surface area contributed by atoms with Crippen LogP contribution in [0.1, 0.15) is 11.7 Å². The fourth-order valence-corrected chi connectivity index (χ4v) is 2.86. The van der Waals surface area contributed by atoms with E-state index in [0.717, 1.165) is 11.3 Å². The molecule has 0 radical (unpaired) electrons. The molecule has 1 atom stereocenters. The van der Waals surface area contributed by atoms with E-state index in [1.165, 1.54) is 0 Å². The highest BCUT2D eigenvalue weighted by Crippen LogP contribution is 2.34. The van der Waals surface area contributed by atoms with Gasteiger partial charge in [0.15, 0.2) is 11.5 Å². The van der Waals surface area contributed by atoms with Crippen LogP contribution in [0.5, 0.6) is 11.5 Å². The number of amides is 2. The molecular weight excluding hydrogens is 376 g/mol. The zero-order valence-corrected chi connectivity index (χ0v) is 15.3. The van der Waals surface area contributed by atoms with Crippen LogP contribution in [0.2, 0.25) is 0 Å². The molecule has 8 heteroatoms. The first-order valence-electron chi connectivity index (χ1n) is 8.91. The first kappa shape index (κ1) is 18.6. The molecule has 2 aromatic carbocycles. The van der Waals surface area contributed by atoms with Gasteiger partial charge in [0.05, 0.1) is 12.4 Å². The summed E-state index contributed by atoms with van der Waals surface area (Å²) in [7, 11) is 0. The van der Waals surface area contributed by atoms with Crippen molar-refractivity contribution in [3.8, 4) is 22.8 Å². The Morgan fingerprint density at radius 3 is 2.55 bits per heavy atom. The van der Waals surface area contributed by atoms with Gasteiger partial charge in [0, 0.05) is 23.9 Å². The number of aliphatic hydroxyl groups is 1. The van der Waals surface area contributed by atoms with E-state index in [0.29, 0.717) is 22.7 Å². The molecule has 2 amide bonds. The normalized spacial score (nSPS) is 13.0. The van der Waals surface area contributed by atoms with Gasteiger partial charge in [0.25, 0.3) is 0 Å². The van der Waals surface area contributed by atoms with Crippen molar-refractivity contribution in [1.82, 2.24) is 5.32 Å². The number of aliphatic hydroxyl groups excluding tert-OH is 1. The van der Waals surface area contributed by atoms with Gasteiger partial charge in [-0.25, -0.2) is 0 Å². The topological polar surface area (TPSA) is 110 Å². The number of carbonyl (C=O) groups is 2. The molecule has 3 aromatic rings. The second kappa shape index (κ2) is 8.07. The second-order valence-electron chi connectivity index (χ2n) is 6.35. The number of hydrogen-bond donors (Lipinski definition) is 3. The molecule has 0 unspecified atom stereocenters. The number of anilines is 1. The Bertz CT molecular complexity index is 1010. The lowest BCUT2D eigenvalue weighted by atomic mass is 10.1. The molecule has 0 aliphatic carbocycles. The lowest BCUT2D eigenvalue weighted by Crippen LogP contribution is -2.37. The summed E-state index contributed by atoms with van der Waals surface area (Å²) in [5.74, 6) is 0.1000. The van der Waals surface area contributed by atoms with Crippen molar-refractivity contribution in [2.24, 2.45) is 0 Å². The Balaban J connectivity index is 1.30. The molecule has 1 aliphatic heterocycles. The summed E-state index contributed by atoms with van der Waals surface area (Å²) in [6.45, 7) is 0.0150. The molecule has 0 bridgehead atoms. The van der Waals surface area contributed by atoms with Crippen molar-refractivity contribution in [1.29, 1.82) is 0 Å². The van der Waals surface area contributed by atoms with E-state index in [4.69, 9.17) is 13.9 Å². The van der Waals surface area contributed by atoms with Crippen LogP contribution in [-0.2, 0) is 9.59 Å². The standard InChI is InChI=1S/C21H18N2O6/c24-16(13-3-5-14(6-4-13)17-2-1-9-27-17)11-22-20(25)21(26)23-15-7-8-18-19(10-15)29-12-28-18/h1-10,16,24H,11-12H2,(H,22,25)(H,23,26)/t16-/m0/s1. The van der Waals surface area contributed by atoms with Crippen LogP contribution in [0.25, 0.3) is 11.3 Å². The number of carbonyl (C=O) groups excluding carboxylic acids is 2. The predicted molar refractivity (Wildman–Crippen MR) is 103 cm³/mol. The maximum Gasteiger partial charge on any atom is 0.313 e. The van der Waals surface area contributed by atoms with E-state index in [9.17, 15) is 14.7 Å². The van der Waals surface area contributed by atoms with Gasteiger partial charge >= 0.3 is 11.8 Å². The van der Waals surface area contributed by atoms with Crippen molar-refractivity contribution in [3.05, 3.63) is 66.4 Å². The van der Waals surface area contributed by atoms with Crippen LogP contribution in [0.15, 0.2) is 65.3 Å². The highest BCUT2D eigenvalue weighted by Gasteiger charge is 2.18. The van der Waals surface area contributed by atoms with E-state index >= 15 is 0 Å². The molecule has 8 nitrogen and oxygen atoms in total. The van der Waals surface area contributed by atoms with Crippen LogP contribution in [0.3, 0.4) is 0 Å². The van der Waals surface area contributed by atoms with Crippen LogP contribution < -0.4 is 20.1 Å². The molecular formula is C21H18N2O6. The van der Waals surface area contributed by atoms with Gasteiger partial charge in [-0.15, -0.1) is 0 Å². The summed E-state index contributed by atoms with van der Waals surface area (Å²) in [5, 5.41) is 15.2. The summed E-state index contributed by atoms with van der Waals surface area (Å²) in [6, 6.07) is 15.6. The molecule has 0 fully saturated rings. The van der Waals surface area contributed by atoms with E-state index < -0.39 is 17.9 Å². The molecule has 0 saturated carbocycles. The van der Waals surface area contributed by atoms with Gasteiger partial charge in [0.2, 0.25) is 6.79 Å². The third-order valence-corrected chi connectivity index (χ3v) is 4.39. The number of nitrogens with one attached hydrogen (secondary N) is 2. The first-order chi connectivity index (χ1) is 14.1. The van der Waals surface area contributed by atoms with Crippen molar-refractivity contribution in [3.63, 3.8) is 0 Å². The van der Waals surface area contributed by atoms with Gasteiger partial charge < -0.3 is 29.6 Å². The average molecular weight is 394 g/mol. The molecule has 0 saturated heterocycles. The maximum atomic E-state index is 12.1. The molecule has 1 aromatic heterocycles. The van der Waals surface area contributed by atoms with Gasteiger partial charge in [-0.3, -0.25) is 9.59 Å². The summed E-state index contributed by atoms with van der Waals surface area (Å²) < 4.78 is 15.7. The van der Waals surface area contributed by atoms with Gasteiger partial charge in [-0.05, 0) is 29.8 Å². The largest absolute Gasteiger partial charge is 0.464 e. The van der Waals surface area contributed by atoms with E-state index in [-0.39, 0.29) is 13.3 Å². The number of ether oxygens (including phenoxy) is 2. The van der Waals surface area contributed by atoms with E-state index in [1.807, 2.05) is 18.2 Å². The van der Waals surface area contributed by atoms with Crippen LogP contribution in [0, 0.1) is 0 Å². The van der Waals surface area contributed by atoms with Crippen molar-refractivity contribution < 1.29 is 28.6 Å². The minimum absolute atomic E-state index is 0.104. The average Bonchev–Trinajstić information content (AvgIpc) is 3.43. The number of hydrogen-bond acceptors (Lipinski definition) is 6. The Kier molecular flexibility index (Phi) is 5.17. The highest BCUT2D eigenvalue weighted by molar-refractivity contribution is 6.39. The van der Waals surface area contributed by atoms with Crippen molar-refractivity contribution >= 4 is 17.5 Å². The molecule has 0 spiro atoms. The monoisotopic (exact) mass is 394 g/mol. The van der Waals surface area contributed by atoms with E-state index in [2.05, 4.69) is 10.6 Å². The lowest BCUT2D eigenvalue weighted by molar-refractivity contribution is -0.136. The first-order valence-corrected chi connectivity index (χ1v) is 8.91. The zero-order chi connectivity index (χ0) is 20.2. The summed E-state index contributed by atoms with van der Waals surface area (Å²) in [6.07, 6.45) is 0.630. The Labute approximate surface area is 166 Å². The van der Waals surface area contributed by atoms with Crippen molar-refractivity contribution in [2.75, 3.05) is 18.7 Å². The zero-order valence-electron chi connectivity index (χ0n) is 15.3. The quantitative estimate of drug-likeness (QED) is 0.574. The lowest BCUT2D eigenvalue weighted by Gasteiger charge is -2.13. The van der Waals surface area contributed by atoms with Crippen LogP contribution >= 0.6 is 0 Å². The fraction of sp³-hybridized carbons (Fsp3) is 0.143. The number of furan rings is 1. The Hall–Kier alpha value is -3.78. The smallest absolute Gasteiger partial charge is 0.313 e. The van der Waals surface area contributed by atoms with Crippen molar-refractivity contribution in [2.45, 2.75) is 6.10 Å². The SMILES string of the molecule is O=C(NC[C@H](O)c1ccc(-c2ccco2)cc1)C(=O)Nc1ccc2c(c1)OCO2. The Morgan fingerprint density at radius 2 is 1.79 bits per heavy atom. The highest BCUT2D eigenvalue weighted by atomic mass is 16.7. The molecule has 4 rings (SSSR count). The summed E-state index contributed by atoms with van der Waals surface area (Å²) >= 11 is 0. The number of rotatable bonds is 5. The third-order valence-electron chi connectivity index (χ3n) is 4.39. The molecule has 148 valence electrons. The fourth-order valence-electron chi connectivity index (χ4n) is 2.86. The summed E-state index contributed by atoms with van der Waals surface area (Å²) in [5.41, 5.74) is 1.89. The van der Waals surface area contributed by atoms with Crippen LogP contribution in [0.4, 0.5) is 5.69 Å². The van der Waals surface area contributed by atoms with Gasteiger partial charge in [-0.1, -0.05) is 24.3 Å². The molecule has 29 heavy (non-hydrogen) atoms. The third kappa shape index (κ3) is 4.22. The minimum Gasteiger partial charge on any atom is -0.464 e. The minimum atomic E-state index is -0.956. The van der Waals surface area contributed by atoms with Gasteiger partial charge in [0.1, 0.15) is 5.76 Å². The molecule has 1 aliphatic rings. The van der Waals surface area contributed by atoms with Crippen LogP contribution in [-0.4, -0.2) is 30.3 Å².